The molecule has 98 valence electrons. The summed E-state index contributed by atoms with van der Waals surface area (Å²) in [5.74, 6) is -1.98. The lowest BCUT2D eigenvalue weighted by atomic mass is 10.1. The maximum absolute atomic E-state index is 13.3. The summed E-state index contributed by atoms with van der Waals surface area (Å²) in [6.07, 6.45) is 0.884. The number of halogens is 1. The molecule has 0 spiro atoms. The molecule has 0 fully saturated rings. The van der Waals surface area contributed by atoms with Gasteiger partial charge >= 0.3 is 0 Å². The van der Waals surface area contributed by atoms with Gasteiger partial charge in [-0.2, -0.15) is 0 Å². The molecule has 0 aliphatic rings. The van der Waals surface area contributed by atoms with Crippen LogP contribution in [-0.4, -0.2) is 31.9 Å². The highest BCUT2D eigenvalue weighted by Crippen LogP contribution is 2.16. The largest absolute Gasteiger partial charge is 0.287 e. The van der Waals surface area contributed by atoms with Gasteiger partial charge in [0, 0.05) is 10.6 Å². The van der Waals surface area contributed by atoms with Gasteiger partial charge in [-0.25, -0.2) is 12.8 Å². The first kappa shape index (κ1) is 14.0. The van der Waals surface area contributed by atoms with Crippen molar-refractivity contribution in [3.63, 3.8) is 0 Å². The van der Waals surface area contributed by atoms with Gasteiger partial charge < -0.3 is 0 Å². The van der Waals surface area contributed by atoms with E-state index in [0.717, 1.165) is 24.5 Å². The zero-order valence-electron chi connectivity index (χ0n) is 9.21. The van der Waals surface area contributed by atoms with Gasteiger partial charge in [0.25, 0.3) is 6.54 Å². The molecule has 7 nitrogen and oxygen atoms in total. The van der Waals surface area contributed by atoms with Crippen LogP contribution in [0.25, 0.3) is 0 Å². The number of nitrogens with zero attached hydrogens (tertiary/aromatic N) is 1. The van der Waals surface area contributed by atoms with Gasteiger partial charge in [0.15, 0.2) is 0 Å². The van der Waals surface area contributed by atoms with Crippen LogP contribution in [-0.2, 0) is 10.0 Å². The van der Waals surface area contributed by atoms with Crippen LogP contribution in [0.3, 0.4) is 0 Å². The van der Waals surface area contributed by atoms with Crippen molar-refractivity contribution in [3.05, 3.63) is 39.7 Å². The van der Waals surface area contributed by atoms with Gasteiger partial charge in [-0.15, -0.1) is 0 Å². The zero-order valence-corrected chi connectivity index (χ0v) is 10.0. The number of nitro groups is 1. The Hall–Kier alpha value is -2.03. The minimum atomic E-state index is -3.57. The molecule has 0 amide bonds. The molecule has 0 unspecified atom stereocenters. The van der Waals surface area contributed by atoms with Crippen LogP contribution in [0.2, 0.25) is 0 Å². The van der Waals surface area contributed by atoms with E-state index in [2.05, 4.69) is 0 Å². The summed E-state index contributed by atoms with van der Waals surface area (Å²) in [6.45, 7) is -1.06. The van der Waals surface area contributed by atoms with Crippen molar-refractivity contribution >= 4 is 21.5 Å². The lowest BCUT2D eigenvalue weighted by molar-refractivity contribution is -0.465. The highest BCUT2D eigenvalue weighted by molar-refractivity contribution is 7.92. The number of anilines is 1. The molecule has 0 bridgehead atoms. The summed E-state index contributed by atoms with van der Waals surface area (Å²) in [7, 11) is -3.57. The van der Waals surface area contributed by atoms with Crippen LogP contribution in [0.5, 0.6) is 0 Å². The molecular weight excluding hydrogens is 267 g/mol. The first-order chi connectivity index (χ1) is 8.19. The molecule has 0 saturated heterocycles. The Kier molecular flexibility index (Phi) is 3.96. The monoisotopic (exact) mass is 276 g/mol. The quantitative estimate of drug-likeness (QED) is 0.483. The van der Waals surface area contributed by atoms with Gasteiger partial charge in [0.1, 0.15) is 5.82 Å². The summed E-state index contributed by atoms with van der Waals surface area (Å²) in [6, 6.07) is 2.89. The fourth-order valence-corrected chi connectivity index (χ4v) is 1.77. The summed E-state index contributed by atoms with van der Waals surface area (Å²) in [5.41, 5.74) is -0.564. The molecular formula is C9H9FN2O5S. The number of ketones is 1. The van der Waals surface area contributed by atoms with Crippen molar-refractivity contribution in [2.75, 3.05) is 17.5 Å². The van der Waals surface area contributed by atoms with Crippen LogP contribution >= 0.6 is 0 Å². The fourth-order valence-electron chi connectivity index (χ4n) is 1.22. The predicted molar refractivity (Wildman–Crippen MR) is 61.1 cm³/mol. The van der Waals surface area contributed by atoms with E-state index < -0.39 is 38.7 Å². The predicted octanol–water partition coefficient (Wildman–Crippen LogP) is 0.657. The number of sulfonamides is 1. The topological polar surface area (TPSA) is 106 Å². The van der Waals surface area contributed by atoms with Gasteiger partial charge in [0.05, 0.1) is 11.8 Å². The summed E-state index contributed by atoms with van der Waals surface area (Å²) in [5, 5.41) is 10.2. The molecule has 0 heterocycles. The minimum absolute atomic E-state index is 0.0365. The van der Waals surface area contributed by atoms with Crippen LogP contribution in [0.15, 0.2) is 18.2 Å². The minimum Gasteiger partial charge on any atom is -0.287 e. The van der Waals surface area contributed by atoms with E-state index in [4.69, 9.17) is 0 Å². The normalized spacial score (nSPS) is 11.0. The number of benzene rings is 1. The number of hydrogen-bond acceptors (Lipinski definition) is 5. The van der Waals surface area contributed by atoms with Crippen molar-refractivity contribution in [1.82, 2.24) is 0 Å². The third-order valence-electron chi connectivity index (χ3n) is 1.84. The smallest absolute Gasteiger partial charge is 0.265 e. The van der Waals surface area contributed by atoms with E-state index in [1.807, 2.05) is 4.72 Å². The van der Waals surface area contributed by atoms with Crippen LogP contribution in [0.1, 0.15) is 10.4 Å². The van der Waals surface area contributed by atoms with Crippen LogP contribution in [0.4, 0.5) is 10.1 Å². The Morgan fingerprint density at radius 3 is 2.61 bits per heavy atom. The molecule has 1 N–H and O–H groups in total. The van der Waals surface area contributed by atoms with Crippen molar-refractivity contribution in [3.8, 4) is 0 Å². The average Bonchev–Trinajstić information content (AvgIpc) is 2.17. The molecule has 0 aromatic heterocycles. The Bertz CT molecular complexity index is 599. The maximum Gasteiger partial charge on any atom is 0.265 e. The van der Waals surface area contributed by atoms with Gasteiger partial charge in [-0.1, -0.05) is 0 Å². The van der Waals surface area contributed by atoms with Crippen molar-refractivity contribution < 1.29 is 22.5 Å². The number of carbonyl (C=O) groups excluding carboxylic acids is 1. The summed E-state index contributed by atoms with van der Waals surface area (Å²) < 4.78 is 37.2. The molecule has 1 aromatic rings. The van der Waals surface area contributed by atoms with Crippen molar-refractivity contribution in [2.45, 2.75) is 0 Å². The van der Waals surface area contributed by atoms with Crippen molar-refractivity contribution in [2.24, 2.45) is 0 Å². The molecule has 0 saturated carbocycles. The molecule has 0 aliphatic carbocycles. The van der Waals surface area contributed by atoms with Gasteiger partial charge in [-0.3, -0.25) is 19.6 Å². The SMILES string of the molecule is CS(=O)(=O)Nc1ccc(F)c(C(=O)C[N+](=O)[O-])c1. The number of hydrogen-bond donors (Lipinski definition) is 1. The van der Waals surface area contributed by atoms with Gasteiger partial charge in [-0.05, 0) is 18.2 Å². The Morgan fingerprint density at radius 2 is 2.11 bits per heavy atom. The number of carbonyl (C=O) groups is 1. The molecule has 0 radical (unpaired) electrons. The second-order valence-electron chi connectivity index (χ2n) is 3.48. The Morgan fingerprint density at radius 1 is 1.50 bits per heavy atom. The molecule has 0 aliphatic heterocycles. The molecule has 0 atom stereocenters. The van der Waals surface area contributed by atoms with E-state index in [0.29, 0.717) is 0 Å². The molecule has 9 heteroatoms. The standard InChI is InChI=1S/C9H9FN2O5S/c1-18(16,17)11-6-2-3-8(10)7(4-6)9(13)5-12(14)15/h2-4,11H,5H2,1H3. The number of nitrogens with one attached hydrogen (secondary N) is 1. The Balaban J connectivity index is 3.09. The number of rotatable bonds is 5. The van der Waals surface area contributed by atoms with Crippen molar-refractivity contribution in [1.29, 1.82) is 0 Å². The van der Waals surface area contributed by atoms with E-state index >= 15 is 0 Å². The van der Waals surface area contributed by atoms with Crippen LogP contribution in [0, 0.1) is 15.9 Å². The summed E-state index contributed by atoms with van der Waals surface area (Å²) >= 11 is 0. The lowest BCUT2D eigenvalue weighted by Crippen LogP contribution is -2.16. The molecule has 1 rings (SSSR count). The van der Waals surface area contributed by atoms with E-state index in [1.165, 1.54) is 0 Å². The molecule has 18 heavy (non-hydrogen) atoms. The lowest BCUT2D eigenvalue weighted by Gasteiger charge is -2.06. The van der Waals surface area contributed by atoms with E-state index in [1.54, 1.807) is 0 Å². The average molecular weight is 276 g/mol. The van der Waals surface area contributed by atoms with Gasteiger partial charge in [0.2, 0.25) is 15.8 Å². The summed E-state index contributed by atoms with van der Waals surface area (Å²) in [4.78, 5) is 20.6. The highest BCUT2D eigenvalue weighted by atomic mass is 32.2. The third kappa shape index (κ3) is 4.09. The highest BCUT2D eigenvalue weighted by Gasteiger charge is 2.18. The second-order valence-corrected chi connectivity index (χ2v) is 5.23. The third-order valence-corrected chi connectivity index (χ3v) is 2.45. The van der Waals surface area contributed by atoms with E-state index in [9.17, 15) is 27.7 Å². The maximum atomic E-state index is 13.3. The molecule has 1 aromatic carbocycles. The van der Waals surface area contributed by atoms with E-state index in [-0.39, 0.29) is 5.69 Å². The Labute approximate surface area is 102 Å². The fraction of sp³-hybridized carbons (Fsp3) is 0.222. The van der Waals surface area contributed by atoms with Crippen LogP contribution < -0.4 is 4.72 Å². The first-order valence-corrected chi connectivity index (χ1v) is 6.50. The zero-order chi connectivity index (χ0) is 13.9. The number of Topliss-reactive ketones (excluding diaryl/α,β-unsaturated/α-hetero) is 1. The first-order valence-electron chi connectivity index (χ1n) is 4.61. The second kappa shape index (κ2) is 5.08.